The molecule has 0 aliphatic carbocycles. The van der Waals surface area contributed by atoms with Gasteiger partial charge in [0.05, 0.1) is 4.92 Å². The Kier molecular flexibility index (Phi) is 4.09. The van der Waals surface area contributed by atoms with Gasteiger partial charge >= 0.3 is 0 Å². The zero-order chi connectivity index (χ0) is 15.6. The second-order valence-electron chi connectivity index (χ2n) is 3.95. The summed E-state index contributed by atoms with van der Waals surface area (Å²) < 4.78 is 27.2. The van der Waals surface area contributed by atoms with E-state index in [1.807, 2.05) is 0 Å². The molecule has 2 aromatic rings. The molecule has 1 aromatic carbocycles. The van der Waals surface area contributed by atoms with Gasteiger partial charge in [0.1, 0.15) is 10.7 Å². The zero-order valence-corrected chi connectivity index (χ0v) is 12.8. The number of pyridine rings is 1. The van der Waals surface area contributed by atoms with Crippen LogP contribution < -0.4 is 10.5 Å². The average molecular weight is 373 g/mol. The Labute approximate surface area is 128 Å². The molecule has 0 saturated heterocycles. The van der Waals surface area contributed by atoms with Gasteiger partial charge in [0, 0.05) is 28.5 Å². The molecule has 0 radical (unpaired) electrons. The summed E-state index contributed by atoms with van der Waals surface area (Å²) in [5.41, 5.74) is 5.60. The average Bonchev–Trinajstić information content (AvgIpc) is 2.41. The van der Waals surface area contributed by atoms with E-state index in [0.717, 1.165) is 0 Å². The maximum atomic E-state index is 12.2. The molecule has 0 aliphatic heterocycles. The van der Waals surface area contributed by atoms with Crippen molar-refractivity contribution in [3.8, 4) is 0 Å². The molecule has 21 heavy (non-hydrogen) atoms. The quantitative estimate of drug-likeness (QED) is 0.624. The maximum Gasteiger partial charge on any atom is 0.269 e. The topological polar surface area (TPSA) is 128 Å². The van der Waals surface area contributed by atoms with Gasteiger partial charge in [0.25, 0.3) is 15.7 Å². The molecule has 10 heteroatoms. The highest BCUT2D eigenvalue weighted by Gasteiger charge is 2.19. The van der Waals surface area contributed by atoms with E-state index in [1.54, 1.807) is 0 Å². The van der Waals surface area contributed by atoms with Crippen LogP contribution in [0, 0.1) is 10.1 Å². The normalized spacial score (nSPS) is 11.1. The Hall–Kier alpha value is -2.20. The van der Waals surface area contributed by atoms with Crippen molar-refractivity contribution < 1.29 is 13.3 Å². The first kappa shape index (κ1) is 15.2. The summed E-state index contributed by atoms with van der Waals surface area (Å²) >= 11 is 3.11. The van der Waals surface area contributed by atoms with Crippen LogP contribution in [0.5, 0.6) is 0 Å². The number of aromatic nitrogens is 1. The fourth-order valence-corrected chi connectivity index (χ4v) is 3.16. The number of rotatable bonds is 4. The highest BCUT2D eigenvalue weighted by molar-refractivity contribution is 9.10. The summed E-state index contributed by atoms with van der Waals surface area (Å²) in [6.07, 6.45) is 1.38. The summed E-state index contributed by atoms with van der Waals surface area (Å²) in [4.78, 5) is 13.5. The third-order valence-corrected chi connectivity index (χ3v) is 4.31. The fourth-order valence-electron chi connectivity index (χ4n) is 1.51. The van der Waals surface area contributed by atoms with E-state index in [-0.39, 0.29) is 22.1 Å². The lowest BCUT2D eigenvalue weighted by atomic mass is 10.3. The molecule has 0 spiro atoms. The minimum absolute atomic E-state index is 0.137. The molecule has 3 N–H and O–H groups in total. The van der Waals surface area contributed by atoms with Crippen molar-refractivity contribution in [1.29, 1.82) is 0 Å². The molecule has 0 aliphatic rings. The largest absolute Gasteiger partial charge is 0.383 e. The van der Waals surface area contributed by atoms with Gasteiger partial charge in [-0.15, -0.1) is 0 Å². The van der Waals surface area contributed by atoms with Crippen LogP contribution in [0.3, 0.4) is 0 Å². The number of sulfonamides is 1. The summed E-state index contributed by atoms with van der Waals surface area (Å²) in [5, 5.41) is 10.5. The monoisotopic (exact) mass is 372 g/mol. The predicted octanol–water partition coefficient (Wildman–Crippen LogP) is 2.14. The molecular formula is C11H9BrN4O4S. The third-order valence-electron chi connectivity index (χ3n) is 2.47. The highest BCUT2D eigenvalue weighted by Crippen LogP contribution is 2.24. The Bertz CT molecular complexity index is 792. The van der Waals surface area contributed by atoms with Crippen molar-refractivity contribution in [2.24, 2.45) is 0 Å². The number of halogens is 1. The molecule has 0 saturated carbocycles. The summed E-state index contributed by atoms with van der Waals surface area (Å²) in [6.45, 7) is 0. The molecule has 2 rings (SSSR count). The van der Waals surface area contributed by atoms with Crippen LogP contribution in [-0.4, -0.2) is 18.3 Å². The van der Waals surface area contributed by atoms with Crippen molar-refractivity contribution in [3.63, 3.8) is 0 Å². The Morgan fingerprint density at radius 2 is 1.90 bits per heavy atom. The first-order valence-electron chi connectivity index (χ1n) is 5.48. The number of non-ortho nitro benzene ring substituents is 1. The molecule has 1 aromatic heterocycles. The van der Waals surface area contributed by atoms with E-state index in [2.05, 4.69) is 25.6 Å². The lowest BCUT2D eigenvalue weighted by Gasteiger charge is -2.09. The lowest BCUT2D eigenvalue weighted by molar-refractivity contribution is -0.384. The summed E-state index contributed by atoms with van der Waals surface area (Å²) in [6, 6.07) is 6.28. The standard InChI is InChI=1S/C11H9BrN4O4S/c12-7-5-10(11(13)14-6-7)21(19,20)15-8-1-3-9(4-2-8)16(17)18/h1-6,15H,(H2,13,14). The van der Waals surface area contributed by atoms with Crippen molar-refractivity contribution in [2.75, 3.05) is 10.5 Å². The van der Waals surface area contributed by atoms with Crippen molar-refractivity contribution in [1.82, 2.24) is 4.98 Å². The second kappa shape index (κ2) is 5.66. The van der Waals surface area contributed by atoms with Crippen LogP contribution in [-0.2, 0) is 10.0 Å². The Morgan fingerprint density at radius 1 is 1.29 bits per heavy atom. The number of nitro groups is 1. The maximum absolute atomic E-state index is 12.2. The number of anilines is 2. The van der Waals surface area contributed by atoms with Gasteiger partial charge < -0.3 is 5.73 Å². The summed E-state index contributed by atoms with van der Waals surface area (Å²) in [7, 11) is -3.94. The van der Waals surface area contributed by atoms with Gasteiger partial charge in [-0.2, -0.15) is 0 Å². The van der Waals surface area contributed by atoms with E-state index in [4.69, 9.17) is 5.73 Å². The lowest BCUT2D eigenvalue weighted by Crippen LogP contribution is -2.15. The van der Waals surface area contributed by atoms with E-state index in [0.29, 0.717) is 4.47 Å². The van der Waals surface area contributed by atoms with Gasteiger partial charge in [-0.05, 0) is 34.1 Å². The zero-order valence-electron chi connectivity index (χ0n) is 10.4. The minimum atomic E-state index is -3.94. The van der Waals surface area contributed by atoms with Gasteiger partial charge in [-0.1, -0.05) is 0 Å². The van der Waals surface area contributed by atoms with E-state index < -0.39 is 14.9 Å². The molecule has 0 fully saturated rings. The van der Waals surface area contributed by atoms with Crippen molar-refractivity contribution in [3.05, 3.63) is 51.1 Å². The number of nitro benzene ring substituents is 1. The molecule has 0 bridgehead atoms. The van der Waals surface area contributed by atoms with E-state index >= 15 is 0 Å². The first-order valence-corrected chi connectivity index (χ1v) is 7.75. The van der Waals surface area contributed by atoms with Crippen LogP contribution in [0.2, 0.25) is 0 Å². The van der Waals surface area contributed by atoms with Crippen molar-refractivity contribution >= 4 is 43.1 Å². The van der Waals surface area contributed by atoms with E-state index in [9.17, 15) is 18.5 Å². The van der Waals surface area contributed by atoms with Gasteiger partial charge in [-0.25, -0.2) is 13.4 Å². The molecule has 1 heterocycles. The van der Waals surface area contributed by atoms with Gasteiger partial charge in [0.2, 0.25) is 0 Å². The number of nitrogens with one attached hydrogen (secondary N) is 1. The number of nitrogen functional groups attached to an aromatic ring is 1. The number of benzene rings is 1. The number of hydrogen-bond acceptors (Lipinski definition) is 6. The van der Waals surface area contributed by atoms with Crippen molar-refractivity contribution in [2.45, 2.75) is 4.90 Å². The van der Waals surface area contributed by atoms with Crippen LogP contribution >= 0.6 is 15.9 Å². The number of nitrogens with two attached hydrogens (primary N) is 1. The molecular weight excluding hydrogens is 364 g/mol. The van der Waals surface area contributed by atoms with Gasteiger partial charge in [-0.3, -0.25) is 14.8 Å². The molecule has 110 valence electrons. The number of nitrogens with zero attached hydrogens (tertiary/aromatic N) is 2. The smallest absolute Gasteiger partial charge is 0.269 e. The molecule has 0 amide bonds. The van der Waals surface area contributed by atoms with E-state index in [1.165, 1.54) is 36.5 Å². The SMILES string of the molecule is Nc1ncc(Br)cc1S(=O)(=O)Nc1ccc([N+](=O)[O-])cc1. The Balaban J connectivity index is 2.33. The third kappa shape index (κ3) is 3.47. The first-order chi connectivity index (χ1) is 9.79. The predicted molar refractivity (Wildman–Crippen MR) is 80.3 cm³/mol. The molecule has 0 unspecified atom stereocenters. The van der Waals surface area contributed by atoms with Gasteiger partial charge in [0.15, 0.2) is 0 Å². The van der Waals surface area contributed by atoms with Crippen LogP contribution in [0.1, 0.15) is 0 Å². The van der Waals surface area contributed by atoms with Crippen LogP contribution in [0.25, 0.3) is 0 Å². The summed E-state index contributed by atoms with van der Waals surface area (Å²) in [5.74, 6) is -0.146. The van der Waals surface area contributed by atoms with Crippen LogP contribution in [0.4, 0.5) is 17.2 Å². The molecule has 8 nitrogen and oxygen atoms in total. The minimum Gasteiger partial charge on any atom is -0.383 e. The Morgan fingerprint density at radius 3 is 2.48 bits per heavy atom. The van der Waals surface area contributed by atoms with Crippen LogP contribution in [0.15, 0.2) is 45.9 Å². The second-order valence-corrected chi connectivity index (χ2v) is 6.51. The molecule has 0 atom stereocenters. The number of hydrogen-bond donors (Lipinski definition) is 2. The highest BCUT2D eigenvalue weighted by atomic mass is 79.9. The fraction of sp³-hybridized carbons (Fsp3) is 0.